The second-order valence-electron chi connectivity index (χ2n) is 2.02. The monoisotopic (exact) mass is 160 g/mol. The standard InChI is InChI=1S/C7H16N2O2/c1-3-8-5-6-11-7(10)9-4-2/h8H,3-6H2,1-2H3,(H,9,10). The smallest absolute Gasteiger partial charge is 0.407 e. The third-order valence-electron chi connectivity index (χ3n) is 1.08. The SMILES string of the molecule is CCNCCOC(=O)NCC. The molecule has 0 heterocycles. The van der Waals surface area contributed by atoms with Crippen LogP contribution in [0, 0.1) is 0 Å². The molecule has 0 aliphatic carbocycles. The van der Waals surface area contributed by atoms with Gasteiger partial charge in [-0.05, 0) is 13.5 Å². The first-order valence-corrected chi connectivity index (χ1v) is 3.92. The second kappa shape index (κ2) is 7.34. The number of rotatable bonds is 5. The molecule has 1 amide bonds. The van der Waals surface area contributed by atoms with Gasteiger partial charge >= 0.3 is 6.09 Å². The van der Waals surface area contributed by atoms with E-state index in [-0.39, 0.29) is 6.09 Å². The molecular formula is C7H16N2O2. The van der Waals surface area contributed by atoms with E-state index in [2.05, 4.69) is 10.6 Å². The summed E-state index contributed by atoms with van der Waals surface area (Å²) in [4.78, 5) is 10.6. The number of amides is 1. The maximum absolute atomic E-state index is 10.6. The van der Waals surface area contributed by atoms with Crippen LogP contribution in [-0.4, -0.2) is 32.3 Å². The van der Waals surface area contributed by atoms with E-state index in [4.69, 9.17) is 4.74 Å². The van der Waals surface area contributed by atoms with Crippen molar-refractivity contribution in [1.29, 1.82) is 0 Å². The van der Waals surface area contributed by atoms with Crippen LogP contribution < -0.4 is 10.6 Å². The number of hydrogen-bond acceptors (Lipinski definition) is 3. The summed E-state index contributed by atoms with van der Waals surface area (Å²) < 4.78 is 4.77. The largest absolute Gasteiger partial charge is 0.448 e. The Bertz CT molecular complexity index is 107. The van der Waals surface area contributed by atoms with Gasteiger partial charge in [0.25, 0.3) is 0 Å². The van der Waals surface area contributed by atoms with E-state index >= 15 is 0 Å². The fourth-order valence-electron chi connectivity index (χ4n) is 0.588. The van der Waals surface area contributed by atoms with E-state index in [1.807, 2.05) is 13.8 Å². The van der Waals surface area contributed by atoms with Gasteiger partial charge in [-0.3, -0.25) is 0 Å². The van der Waals surface area contributed by atoms with Gasteiger partial charge < -0.3 is 15.4 Å². The first-order valence-electron chi connectivity index (χ1n) is 3.92. The highest BCUT2D eigenvalue weighted by Gasteiger charge is 1.96. The van der Waals surface area contributed by atoms with Crippen molar-refractivity contribution >= 4 is 6.09 Å². The molecule has 0 aromatic heterocycles. The Morgan fingerprint density at radius 2 is 2.09 bits per heavy atom. The predicted octanol–water partition coefficient (Wildman–Crippen LogP) is 0.342. The summed E-state index contributed by atoms with van der Waals surface area (Å²) in [5, 5.41) is 5.57. The van der Waals surface area contributed by atoms with Crippen molar-refractivity contribution in [3.63, 3.8) is 0 Å². The van der Waals surface area contributed by atoms with E-state index in [9.17, 15) is 4.79 Å². The molecule has 0 aromatic rings. The van der Waals surface area contributed by atoms with E-state index in [1.165, 1.54) is 0 Å². The molecule has 11 heavy (non-hydrogen) atoms. The molecule has 0 radical (unpaired) electrons. The van der Waals surface area contributed by atoms with E-state index in [1.54, 1.807) is 0 Å². The predicted molar refractivity (Wildman–Crippen MR) is 43.6 cm³/mol. The van der Waals surface area contributed by atoms with Crippen LogP contribution in [0.2, 0.25) is 0 Å². The maximum atomic E-state index is 10.6. The van der Waals surface area contributed by atoms with Crippen molar-refractivity contribution in [2.45, 2.75) is 13.8 Å². The van der Waals surface area contributed by atoms with Gasteiger partial charge in [0.15, 0.2) is 0 Å². The van der Waals surface area contributed by atoms with Crippen LogP contribution in [0.1, 0.15) is 13.8 Å². The number of hydrogen-bond donors (Lipinski definition) is 2. The molecule has 2 N–H and O–H groups in total. The van der Waals surface area contributed by atoms with Crippen molar-refractivity contribution in [2.75, 3.05) is 26.2 Å². The molecule has 0 atom stereocenters. The lowest BCUT2D eigenvalue weighted by Crippen LogP contribution is -2.27. The lowest BCUT2D eigenvalue weighted by atomic mass is 10.6. The lowest BCUT2D eigenvalue weighted by molar-refractivity contribution is 0.147. The molecule has 0 rings (SSSR count). The molecule has 0 saturated heterocycles. The Morgan fingerprint density at radius 1 is 1.36 bits per heavy atom. The van der Waals surface area contributed by atoms with Crippen LogP contribution in [0.4, 0.5) is 4.79 Å². The Labute approximate surface area is 67.3 Å². The molecule has 0 aliphatic rings. The van der Waals surface area contributed by atoms with E-state index in [0.717, 1.165) is 6.54 Å². The Balaban J connectivity index is 3.04. The van der Waals surface area contributed by atoms with Gasteiger partial charge in [-0.15, -0.1) is 0 Å². The van der Waals surface area contributed by atoms with Crippen molar-refractivity contribution in [3.05, 3.63) is 0 Å². The van der Waals surface area contributed by atoms with Crippen LogP contribution in [0.15, 0.2) is 0 Å². The highest BCUT2D eigenvalue weighted by atomic mass is 16.5. The van der Waals surface area contributed by atoms with Gasteiger partial charge in [-0.25, -0.2) is 4.79 Å². The molecule has 0 aliphatic heterocycles. The highest BCUT2D eigenvalue weighted by molar-refractivity contribution is 5.66. The van der Waals surface area contributed by atoms with Crippen molar-refractivity contribution in [1.82, 2.24) is 10.6 Å². The Hall–Kier alpha value is -0.770. The van der Waals surface area contributed by atoms with Crippen LogP contribution >= 0.6 is 0 Å². The lowest BCUT2D eigenvalue weighted by Gasteiger charge is -2.04. The molecule has 0 unspecified atom stereocenters. The second-order valence-corrected chi connectivity index (χ2v) is 2.02. The average Bonchev–Trinajstić information content (AvgIpc) is 1.99. The summed E-state index contributed by atoms with van der Waals surface area (Å²) in [6.45, 7) is 6.52. The van der Waals surface area contributed by atoms with Crippen LogP contribution in [0.3, 0.4) is 0 Å². The molecule has 0 spiro atoms. The van der Waals surface area contributed by atoms with Gasteiger partial charge in [0.1, 0.15) is 6.61 Å². The number of ether oxygens (including phenoxy) is 1. The summed E-state index contributed by atoms with van der Waals surface area (Å²) in [5.41, 5.74) is 0. The fraction of sp³-hybridized carbons (Fsp3) is 0.857. The average molecular weight is 160 g/mol. The van der Waals surface area contributed by atoms with E-state index < -0.39 is 0 Å². The molecule has 0 aromatic carbocycles. The zero-order valence-electron chi connectivity index (χ0n) is 7.14. The normalized spacial score (nSPS) is 9.27. The number of carbonyl (C=O) groups is 1. The molecule has 4 nitrogen and oxygen atoms in total. The number of carbonyl (C=O) groups excluding carboxylic acids is 1. The Morgan fingerprint density at radius 3 is 2.64 bits per heavy atom. The minimum Gasteiger partial charge on any atom is -0.448 e. The van der Waals surface area contributed by atoms with Gasteiger partial charge in [0.2, 0.25) is 0 Å². The quantitative estimate of drug-likeness (QED) is 0.570. The summed E-state index contributed by atoms with van der Waals surface area (Å²) in [6, 6.07) is 0. The number of alkyl carbamates (subject to hydrolysis) is 1. The molecule has 4 heteroatoms. The first kappa shape index (κ1) is 10.2. The van der Waals surface area contributed by atoms with Crippen molar-refractivity contribution in [3.8, 4) is 0 Å². The highest BCUT2D eigenvalue weighted by Crippen LogP contribution is 1.74. The third kappa shape index (κ3) is 7.12. The van der Waals surface area contributed by atoms with Gasteiger partial charge in [-0.1, -0.05) is 6.92 Å². The zero-order chi connectivity index (χ0) is 8.53. The minimum atomic E-state index is -0.342. The number of nitrogens with one attached hydrogen (secondary N) is 2. The summed E-state index contributed by atoms with van der Waals surface area (Å²) in [5.74, 6) is 0. The third-order valence-corrected chi connectivity index (χ3v) is 1.08. The zero-order valence-corrected chi connectivity index (χ0v) is 7.14. The molecule has 0 bridgehead atoms. The van der Waals surface area contributed by atoms with Crippen molar-refractivity contribution < 1.29 is 9.53 Å². The molecule has 0 fully saturated rings. The summed E-state index contributed by atoms with van der Waals surface area (Å²) in [7, 11) is 0. The minimum absolute atomic E-state index is 0.342. The number of likely N-dealkylation sites (N-methyl/N-ethyl adjacent to an activating group) is 1. The van der Waals surface area contributed by atoms with Crippen LogP contribution in [-0.2, 0) is 4.74 Å². The van der Waals surface area contributed by atoms with E-state index in [0.29, 0.717) is 19.7 Å². The summed E-state index contributed by atoms with van der Waals surface area (Å²) in [6.07, 6.45) is -0.342. The molecule has 66 valence electrons. The maximum Gasteiger partial charge on any atom is 0.407 e. The van der Waals surface area contributed by atoms with Gasteiger partial charge in [-0.2, -0.15) is 0 Å². The molecular weight excluding hydrogens is 144 g/mol. The first-order chi connectivity index (χ1) is 5.31. The van der Waals surface area contributed by atoms with Gasteiger partial charge in [0.05, 0.1) is 0 Å². The molecule has 0 saturated carbocycles. The van der Waals surface area contributed by atoms with Gasteiger partial charge in [0, 0.05) is 13.1 Å². The Kier molecular flexibility index (Phi) is 6.82. The fourth-order valence-corrected chi connectivity index (χ4v) is 0.588. The summed E-state index contributed by atoms with van der Waals surface area (Å²) >= 11 is 0. The van der Waals surface area contributed by atoms with Crippen LogP contribution in [0.5, 0.6) is 0 Å². The van der Waals surface area contributed by atoms with Crippen molar-refractivity contribution in [2.24, 2.45) is 0 Å². The van der Waals surface area contributed by atoms with Crippen LogP contribution in [0.25, 0.3) is 0 Å². The topological polar surface area (TPSA) is 50.4 Å².